The summed E-state index contributed by atoms with van der Waals surface area (Å²) in [6.07, 6.45) is 2.09. The Bertz CT molecular complexity index is 260. The van der Waals surface area contributed by atoms with Crippen molar-refractivity contribution in [3.8, 4) is 6.07 Å². The monoisotopic (exact) mass is 239 g/mol. The van der Waals surface area contributed by atoms with Crippen LogP contribution in [0.25, 0.3) is 0 Å². The van der Waals surface area contributed by atoms with E-state index in [1.54, 1.807) is 0 Å². The van der Waals surface area contributed by atoms with E-state index >= 15 is 0 Å². The maximum atomic E-state index is 11.9. The van der Waals surface area contributed by atoms with Gasteiger partial charge in [0.25, 0.3) is 0 Å². The lowest BCUT2D eigenvalue weighted by Gasteiger charge is -2.27. The summed E-state index contributed by atoms with van der Waals surface area (Å²) in [4.78, 5) is 13.9. The standard InChI is InChI=1S/C13H25N3O/c1-5-7-8-15-13(17)12(4)16(6-2)10-11(3)9-14/h11-12H,5-8,10H2,1-4H3,(H,15,17). The Morgan fingerprint density at radius 2 is 2.06 bits per heavy atom. The summed E-state index contributed by atoms with van der Waals surface area (Å²) in [6.45, 7) is 10.1. The second-order valence-corrected chi connectivity index (χ2v) is 4.44. The largest absolute Gasteiger partial charge is 0.355 e. The van der Waals surface area contributed by atoms with Gasteiger partial charge in [0.2, 0.25) is 5.91 Å². The van der Waals surface area contributed by atoms with Gasteiger partial charge in [0.15, 0.2) is 0 Å². The van der Waals surface area contributed by atoms with Gasteiger partial charge in [0, 0.05) is 13.1 Å². The fourth-order valence-electron chi connectivity index (χ4n) is 1.66. The van der Waals surface area contributed by atoms with Gasteiger partial charge >= 0.3 is 0 Å². The van der Waals surface area contributed by atoms with E-state index in [9.17, 15) is 4.79 Å². The minimum atomic E-state index is -0.160. The predicted octanol–water partition coefficient (Wildman–Crippen LogP) is 1.77. The first-order valence-corrected chi connectivity index (χ1v) is 6.48. The molecule has 0 spiro atoms. The van der Waals surface area contributed by atoms with Gasteiger partial charge in [-0.2, -0.15) is 5.26 Å². The molecule has 1 amide bonds. The molecule has 0 aromatic carbocycles. The average Bonchev–Trinajstić information content (AvgIpc) is 2.34. The molecule has 2 unspecified atom stereocenters. The molecule has 0 aliphatic heterocycles. The smallest absolute Gasteiger partial charge is 0.237 e. The molecule has 2 atom stereocenters. The van der Waals surface area contributed by atoms with Crippen molar-refractivity contribution in [1.82, 2.24) is 10.2 Å². The molecular formula is C13H25N3O. The van der Waals surface area contributed by atoms with Crippen LogP contribution < -0.4 is 5.32 Å². The fraction of sp³-hybridized carbons (Fsp3) is 0.846. The third-order valence-corrected chi connectivity index (χ3v) is 2.89. The van der Waals surface area contributed by atoms with Crippen LogP contribution in [-0.2, 0) is 4.79 Å². The first-order chi connectivity index (χ1) is 8.06. The van der Waals surface area contributed by atoms with Gasteiger partial charge < -0.3 is 5.32 Å². The third-order valence-electron chi connectivity index (χ3n) is 2.89. The van der Waals surface area contributed by atoms with Gasteiger partial charge in [0.1, 0.15) is 0 Å². The van der Waals surface area contributed by atoms with E-state index < -0.39 is 0 Å². The average molecular weight is 239 g/mol. The summed E-state index contributed by atoms with van der Waals surface area (Å²) in [6, 6.07) is 2.04. The molecule has 0 fully saturated rings. The number of likely N-dealkylation sites (N-methyl/N-ethyl adjacent to an activating group) is 1. The molecule has 17 heavy (non-hydrogen) atoms. The number of hydrogen-bond acceptors (Lipinski definition) is 3. The topological polar surface area (TPSA) is 56.1 Å². The van der Waals surface area contributed by atoms with E-state index in [-0.39, 0.29) is 17.9 Å². The number of amides is 1. The Kier molecular flexibility index (Phi) is 8.43. The summed E-state index contributed by atoms with van der Waals surface area (Å²) in [5.41, 5.74) is 0. The van der Waals surface area contributed by atoms with Gasteiger partial charge in [-0.3, -0.25) is 9.69 Å². The quantitative estimate of drug-likeness (QED) is 0.657. The van der Waals surface area contributed by atoms with Crippen molar-refractivity contribution in [2.24, 2.45) is 5.92 Å². The zero-order valence-corrected chi connectivity index (χ0v) is 11.5. The molecule has 98 valence electrons. The number of nitrogens with one attached hydrogen (secondary N) is 1. The molecule has 0 saturated carbocycles. The minimum absolute atomic E-state index is 0.0409. The van der Waals surface area contributed by atoms with Crippen molar-refractivity contribution in [1.29, 1.82) is 5.26 Å². The summed E-state index contributed by atoms with van der Waals surface area (Å²) in [5, 5.41) is 11.7. The Balaban J connectivity index is 4.18. The third kappa shape index (κ3) is 6.28. The van der Waals surface area contributed by atoms with E-state index in [0.29, 0.717) is 6.54 Å². The van der Waals surface area contributed by atoms with Crippen LogP contribution in [0.2, 0.25) is 0 Å². The molecule has 0 aliphatic rings. The lowest BCUT2D eigenvalue weighted by atomic mass is 10.1. The van der Waals surface area contributed by atoms with E-state index in [0.717, 1.165) is 25.9 Å². The summed E-state index contributed by atoms with van der Waals surface area (Å²) in [7, 11) is 0. The highest BCUT2D eigenvalue weighted by molar-refractivity contribution is 5.81. The number of carbonyl (C=O) groups is 1. The second kappa shape index (κ2) is 9.00. The van der Waals surface area contributed by atoms with E-state index in [1.807, 2.05) is 25.7 Å². The van der Waals surface area contributed by atoms with Crippen molar-refractivity contribution in [3.63, 3.8) is 0 Å². The lowest BCUT2D eigenvalue weighted by molar-refractivity contribution is -0.125. The van der Waals surface area contributed by atoms with Crippen LogP contribution in [0.15, 0.2) is 0 Å². The van der Waals surface area contributed by atoms with Crippen LogP contribution in [0.1, 0.15) is 40.5 Å². The first-order valence-electron chi connectivity index (χ1n) is 6.48. The number of nitriles is 1. The van der Waals surface area contributed by atoms with E-state index in [2.05, 4.69) is 18.3 Å². The zero-order valence-electron chi connectivity index (χ0n) is 11.5. The van der Waals surface area contributed by atoms with Crippen molar-refractivity contribution >= 4 is 5.91 Å². The number of rotatable bonds is 8. The molecular weight excluding hydrogens is 214 g/mol. The maximum Gasteiger partial charge on any atom is 0.237 e. The number of hydrogen-bond donors (Lipinski definition) is 1. The second-order valence-electron chi connectivity index (χ2n) is 4.44. The SMILES string of the molecule is CCCCNC(=O)C(C)N(CC)CC(C)C#N. The van der Waals surface area contributed by atoms with Crippen molar-refractivity contribution in [2.75, 3.05) is 19.6 Å². The minimum Gasteiger partial charge on any atom is -0.355 e. The predicted molar refractivity (Wildman–Crippen MR) is 69.4 cm³/mol. The number of carbonyl (C=O) groups excluding carboxylic acids is 1. The van der Waals surface area contributed by atoms with Gasteiger partial charge in [-0.15, -0.1) is 0 Å². The molecule has 0 heterocycles. The highest BCUT2D eigenvalue weighted by atomic mass is 16.2. The summed E-state index contributed by atoms with van der Waals surface area (Å²) in [5.74, 6) is 0.0197. The maximum absolute atomic E-state index is 11.9. The Labute approximate surface area is 105 Å². The molecule has 0 aromatic heterocycles. The molecule has 0 aromatic rings. The Morgan fingerprint density at radius 1 is 1.41 bits per heavy atom. The van der Waals surface area contributed by atoms with Gasteiger partial charge in [-0.05, 0) is 26.8 Å². The lowest BCUT2D eigenvalue weighted by Crippen LogP contribution is -2.46. The number of unbranched alkanes of at least 4 members (excludes halogenated alkanes) is 1. The van der Waals surface area contributed by atoms with Crippen LogP contribution in [0.5, 0.6) is 0 Å². The molecule has 0 saturated heterocycles. The molecule has 0 rings (SSSR count). The first kappa shape index (κ1) is 15.9. The summed E-state index contributed by atoms with van der Waals surface area (Å²) < 4.78 is 0. The molecule has 0 aliphatic carbocycles. The fourth-order valence-corrected chi connectivity index (χ4v) is 1.66. The molecule has 4 heteroatoms. The van der Waals surface area contributed by atoms with Crippen molar-refractivity contribution < 1.29 is 4.79 Å². The van der Waals surface area contributed by atoms with E-state index in [1.165, 1.54) is 0 Å². The van der Waals surface area contributed by atoms with Gasteiger partial charge in [-0.1, -0.05) is 20.3 Å². The summed E-state index contributed by atoms with van der Waals surface area (Å²) >= 11 is 0. The van der Waals surface area contributed by atoms with Gasteiger partial charge in [-0.25, -0.2) is 0 Å². The van der Waals surface area contributed by atoms with Gasteiger partial charge in [0.05, 0.1) is 18.0 Å². The molecule has 0 radical (unpaired) electrons. The number of nitrogens with zero attached hydrogens (tertiary/aromatic N) is 2. The highest BCUT2D eigenvalue weighted by Crippen LogP contribution is 2.04. The highest BCUT2D eigenvalue weighted by Gasteiger charge is 2.20. The molecule has 4 nitrogen and oxygen atoms in total. The van der Waals surface area contributed by atoms with Crippen LogP contribution in [0, 0.1) is 17.2 Å². The molecule has 1 N–H and O–H groups in total. The van der Waals surface area contributed by atoms with E-state index in [4.69, 9.17) is 5.26 Å². The molecule has 0 bridgehead atoms. The normalized spacial score (nSPS) is 14.1. The van der Waals surface area contributed by atoms with Crippen molar-refractivity contribution in [3.05, 3.63) is 0 Å². The van der Waals surface area contributed by atoms with Crippen LogP contribution in [0.4, 0.5) is 0 Å². The Morgan fingerprint density at radius 3 is 2.53 bits per heavy atom. The van der Waals surface area contributed by atoms with Crippen molar-refractivity contribution in [2.45, 2.75) is 46.6 Å². The zero-order chi connectivity index (χ0) is 13.3. The van der Waals surface area contributed by atoms with Crippen LogP contribution >= 0.6 is 0 Å². The van der Waals surface area contributed by atoms with Crippen LogP contribution in [0.3, 0.4) is 0 Å². The Hall–Kier alpha value is -1.08. The van der Waals surface area contributed by atoms with Crippen LogP contribution in [-0.4, -0.2) is 36.5 Å².